The van der Waals surface area contributed by atoms with E-state index in [-0.39, 0.29) is 0 Å². The van der Waals surface area contributed by atoms with Crippen LogP contribution in [0.15, 0.2) is 29.0 Å². The van der Waals surface area contributed by atoms with Gasteiger partial charge in [0, 0.05) is 25.2 Å². The van der Waals surface area contributed by atoms with Crippen LogP contribution >= 0.6 is 0 Å². The van der Waals surface area contributed by atoms with E-state index >= 15 is 0 Å². The molecule has 0 spiro atoms. The SMILES string of the molecule is C/C=C(\N=C/c1ccc(CC(C)(O)C(F)(F)F)[nH]1)N1CCOCC1. The topological polar surface area (TPSA) is 60.9 Å². The molecule has 2 rings (SSSR count). The third kappa shape index (κ3) is 4.61. The van der Waals surface area contributed by atoms with Crippen LogP contribution in [0.25, 0.3) is 0 Å². The molecule has 1 aliphatic heterocycles. The predicted octanol–water partition coefficient (Wildman–Crippen LogP) is 2.48. The van der Waals surface area contributed by atoms with Crippen LogP contribution in [0.4, 0.5) is 13.2 Å². The number of hydrogen-bond donors (Lipinski definition) is 2. The highest BCUT2D eigenvalue weighted by Crippen LogP contribution is 2.32. The lowest BCUT2D eigenvalue weighted by molar-refractivity contribution is -0.252. The van der Waals surface area contributed by atoms with Gasteiger partial charge >= 0.3 is 6.18 Å². The lowest BCUT2D eigenvalue weighted by Crippen LogP contribution is -2.44. The summed E-state index contributed by atoms with van der Waals surface area (Å²) >= 11 is 0. The molecule has 5 nitrogen and oxygen atoms in total. The zero-order valence-corrected chi connectivity index (χ0v) is 13.7. The number of halogens is 3. The van der Waals surface area contributed by atoms with E-state index in [0.717, 1.165) is 25.8 Å². The van der Waals surface area contributed by atoms with Crippen molar-refractivity contribution in [1.82, 2.24) is 9.88 Å². The third-order valence-corrected chi connectivity index (χ3v) is 3.84. The maximum Gasteiger partial charge on any atom is 0.417 e. The standard InChI is InChI=1S/C16H22F3N3O2/c1-3-14(22-6-8-24-9-7-22)20-11-13-5-4-12(21-13)10-15(2,23)16(17,18)19/h3-5,11,21,23H,6-10H2,1-2H3/b14-3+,20-11-. The minimum absolute atomic E-state index is 0.298. The fourth-order valence-corrected chi connectivity index (χ4v) is 2.38. The molecular weight excluding hydrogens is 323 g/mol. The molecule has 8 heteroatoms. The predicted molar refractivity (Wildman–Crippen MR) is 84.9 cm³/mol. The van der Waals surface area contributed by atoms with E-state index in [1.807, 2.05) is 13.0 Å². The second-order valence-electron chi connectivity index (χ2n) is 5.89. The lowest BCUT2D eigenvalue weighted by Gasteiger charge is -2.28. The second kappa shape index (κ2) is 7.40. The summed E-state index contributed by atoms with van der Waals surface area (Å²) in [7, 11) is 0. The minimum atomic E-state index is -4.68. The summed E-state index contributed by atoms with van der Waals surface area (Å²) in [6, 6.07) is 3.16. The molecule has 1 unspecified atom stereocenters. The van der Waals surface area contributed by atoms with Crippen LogP contribution in [-0.4, -0.2) is 59.3 Å². The van der Waals surface area contributed by atoms with Gasteiger partial charge in [0.1, 0.15) is 5.82 Å². The average molecular weight is 345 g/mol. The summed E-state index contributed by atoms with van der Waals surface area (Å²) in [6.45, 7) is 5.43. The van der Waals surface area contributed by atoms with Gasteiger partial charge in [-0.2, -0.15) is 13.2 Å². The van der Waals surface area contributed by atoms with E-state index in [1.165, 1.54) is 6.07 Å². The Labute approximate surface area is 138 Å². The van der Waals surface area contributed by atoms with Gasteiger partial charge in [0.15, 0.2) is 5.60 Å². The van der Waals surface area contributed by atoms with Crippen LogP contribution in [0.5, 0.6) is 0 Å². The second-order valence-corrected chi connectivity index (χ2v) is 5.89. The zero-order chi connectivity index (χ0) is 17.8. The van der Waals surface area contributed by atoms with E-state index < -0.39 is 18.2 Å². The molecule has 2 heterocycles. The van der Waals surface area contributed by atoms with Crippen LogP contribution < -0.4 is 0 Å². The summed E-state index contributed by atoms with van der Waals surface area (Å²) in [5.74, 6) is 0.789. The Morgan fingerprint density at radius 1 is 1.38 bits per heavy atom. The normalized spacial score (nSPS) is 19.8. The fourth-order valence-electron chi connectivity index (χ4n) is 2.38. The van der Waals surface area contributed by atoms with Crippen molar-refractivity contribution in [1.29, 1.82) is 0 Å². The summed E-state index contributed by atoms with van der Waals surface area (Å²) in [6.07, 6.45) is -1.78. The van der Waals surface area contributed by atoms with E-state index in [9.17, 15) is 18.3 Å². The molecule has 0 saturated carbocycles. The minimum Gasteiger partial charge on any atom is -0.380 e. The first-order valence-corrected chi connectivity index (χ1v) is 7.73. The Kier molecular flexibility index (Phi) is 5.71. The lowest BCUT2D eigenvalue weighted by atomic mass is 10.00. The first kappa shape index (κ1) is 18.5. The molecule has 0 radical (unpaired) electrons. The molecule has 1 aromatic rings. The van der Waals surface area contributed by atoms with Crippen molar-refractivity contribution in [2.24, 2.45) is 4.99 Å². The van der Waals surface area contributed by atoms with Gasteiger partial charge in [-0.05, 0) is 32.1 Å². The smallest absolute Gasteiger partial charge is 0.380 e. The first-order chi connectivity index (χ1) is 11.2. The van der Waals surface area contributed by atoms with Crippen molar-refractivity contribution in [3.8, 4) is 0 Å². The Hall–Kier alpha value is -1.80. The van der Waals surface area contributed by atoms with Gasteiger partial charge in [-0.25, -0.2) is 4.99 Å². The van der Waals surface area contributed by atoms with Gasteiger partial charge in [0.05, 0.1) is 25.1 Å². The summed E-state index contributed by atoms with van der Waals surface area (Å²) < 4.78 is 43.4. The molecule has 1 atom stereocenters. The van der Waals surface area contributed by atoms with Crippen LogP contribution in [0.2, 0.25) is 0 Å². The van der Waals surface area contributed by atoms with E-state index in [4.69, 9.17) is 4.74 Å². The number of hydrogen-bond acceptors (Lipinski definition) is 4. The molecule has 1 aliphatic rings. The number of aromatic nitrogens is 1. The monoisotopic (exact) mass is 345 g/mol. The van der Waals surface area contributed by atoms with Crippen molar-refractivity contribution in [3.63, 3.8) is 0 Å². The summed E-state index contributed by atoms with van der Waals surface area (Å²) in [4.78, 5) is 9.31. The number of rotatable bonds is 5. The number of alkyl halides is 3. The summed E-state index contributed by atoms with van der Waals surface area (Å²) in [5, 5.41) is 9.53. The molecule has 0 amide bonds. The van der Waals surface area contributed by atoms with Crippen molar-refractivity contribution < 1.29 is 23.0 Å². The molecular formula is C16H22F3N3O2. The van der Waals surface area contributed by atoms with Crippen molar-refractivity contribution in [2.75, 3.05) is 26.3 Å². The first-order valence-electron chi connectivity index (χ1n) is 7.73. The Bertz CT molecular complexity index is 600. The highest BCUT2D eigenvalue weighted by atomic mass is 19.4. The number of H-pyrrole nitrogens is 1. The molecule has 0 bridgehead atoms. The number of aliphatic hydroxyl groups is 1. The number of nitrogens with zero attached hydrogens (tertiary/aromatic N) is 2. The molecule has 0 aliphatic carbocycles. The average Bonchev–Trinajstić information content (AvgIpc) is 2.94. The number of nitrogens with one attached hydrogen (secondary N) is 1. The fraction of sp³-hybridized carbons (Fsp3) is 0.562. The number of aliphatic imine (C=N–C) groups is 1. The maximum absolute atomic E-state index is 12.7. The largest absolute Gasteiger partial charge is 0.417 e. The highest BCUT2D eigenvalue weighted by molar-refractivity contribution is 5.78. The van der Waals surface area contributed by atoms with E-state index in [1.54, 1.807) is 12.3 Å². The molecule has 2 N–H and O–H groups in total. The number of aromatic amines is 1. The quantitative estimate of drug-likeness (QED) is 0.806. The Balaban J connectivity index is 2.02. The van der Waals surface area contributed by atoms with Gasteiger partial charge in [-0.1, -0.05) is 0 Å². The molecule has 1 fully saturated rings. The third-order valence-electron chi connectivity index (χ3n) is 3.84. The molecule has 1 saturated heterocycles. The van der Waals surface area contributed by atoms with Gasteiger partial charge in [0.2, 0.25) is 0 Å². The van der Waals surface area contributed by atoms with Gasteiger partial charge < -0.3 is 19.7 Å². The molecule has 1 aromatic heterocycles. The number of ether oxygens (including phenoxy) is 1. The maximum atomic E-state index is 12.7. The van der Waals surface area contributed by atoms with Crippen molar-refractivity contribution >= 4 is 6.21 Å². The molecule has 134 valence electrons. The van der Waals surface area contributed by atoms with E-state index in [2.05, 4.69) is 14.9 Å². The molecule has 24 heavy (non-hydrogen) atoms. The van der Waals surface area contributed by atoms with E-state index in [0.29, 0.717) is 24.6 Å². The molecule has 0 aromatic carbocycles. The Morgan fingerprint density at radius 3 is 2.62 bits per heavy atom. The zero-order valence-electron chi connectivity index (χ0n) is 13.7. The van der Waals surface area contributed by atoms with Gasteiger partial charge in [-0.3, -0.25) is 0 Å². The van der Waals surface area contributed by atoms with Gasteiger partial charge in [-0.15, -0.1) is 0 Å². The van der Waals surface area contributed by atoms with Crippen LogP contribution in [0, 0.1) is 0 Å². The summed E-state index contributed by atoms with van der Waals surface area (Å²) in [5.41, 5.74) is -1.89. The van der Waals surface area contributed by atoms with Crippen LogP contribution in [0.1, 0.15) is 25.2 Å². The van der Waals surface area contributed by atoms with Crippen molar-refractivity contribution in [3.05, 3.63) is 35.4 Å². The highest BCUT2D eigenvalue weighted by Gasteiger charge is 2.49. The number of allylic oxidation sites excluding steroid dienone is 1. The van der Waals surface area contributed by atoms with Crippen LogP contribution in [-0.2, 0) is 11.2 Å². The van der Waals surface area contributed by atoms with Gasteiger partial charge in [0.25, 0.3) is 0 Å². The number of morpholine rings is 1. The van der Waals surface area contributed by atoms with Crippen LogP contribution in [0.3, 0.4) is 0 Å². The van der Waals surface area contributed by atoms with Crippen molar-refractivity contribution in [2.45, 2.75) is 32.0 Å². The Morgan fingerprint density at radius 2 is 2.04 bits per heavy atom.